The van der Waals surface area contributed by atoms with Gasteiger partial charge < -0.3 is 29.4 Å². The first-order valence-corrected chi connectivity index (χ1v) is 20.7. The first kappa shape index (κ1) is 39.9. The van der Waals surface area contributed by atoms with Crippen LogP contribution in [0.5, 0.6) is 5.75 Å². The number of unbranched alkanes of at least 4 members (excludes halogenated alkanes) is 2. The Labute approximate surface area is 342 Å². The largest absolute Gasteiger partial charge is 0.494 e. The second kappa shape index (κ2) is 18.0. The number of aryl methyl sites for hydroxylation is 1. The van der Waals surface area contributed by atoms with Gasteiger partial charge in [-0.25, -0.2) is 0 Å². The summed E-state index contributed by atoms with van der Waals surface area (Å²) in [6, 6.07) is 12.5. The van der Waals surface area contributed by atoms with Crippen molar-refractivity contribution >= 4 is 57.4 Å². The summed E-state index contributed by atoms with van der Waals surface area (Å²) in [6.45, 7) is 4.26. The van der Waals surface area contributed by atoms with Gasteiger partial charge in [0.2, 0.25) is 24.1 Å². The van der Waals surface area contributed by atoms with E-state index >= 15 is 0 Å². The highest BCUT2D eigenvalue weighted by atomic mass is 16.5. The molecule has 1 aliphatic carbocycles. The van der Waals surface area contributed by atoms with Gasteiger partial charge >= 0.3 is 0 Å². The maximum atomic E-state index is 13.3. The highest BCUT2D eigenvalue weighted by molar-refractivity contribution is 6.08. The zero-order valence-electron chi connectivity index (χ0n) is 33.2. The number of H-pyrrole nitrogens is 1. The van der Waals surface area contributed by atoms with E-state index in [1.165, 1.54) is 0 Å². The van der Waals surface area contributed by atoms with Crippen molar-refractivity contribution in [1.82, 2.24) is 30.4 Å². The number of ether oxygens (including phenoxy) is 3. The summed E-state index contributed by atoms with van der Waals surface area (Å²) in [6.07, 6.45) is 16.0. The molecule has 2 unspecified atom stereocenters. The van der Waals surface area contributed by atoms with E-state index in [4.69, 9.17) is 14.2 Å². The van der Waals surface area contributed by atoms with E-state index in [0.29, 0.717) is 44.0 Å². The van der Waals surface area contributed by atoms with Gasteiger partial charge in [-0.3, -0.25) is 39.2 Å². The summed E-state index contributed by atoms with van der Waals surface area (Å²) in [4.78, 5) is 72.7. The minimum atomic E-state index is -1.03. The molecular weight excluding hydrogens is 753 g/mol. The first-order chi connectivity index (χ1) is 28.7. The quantitative estimate of drug-likeness (QED) is 0.0814. The molecule has 308 valence electrons. The lowest BCUT2D eigenvalue weighted by atomic mass is 9.81. The van der Waals surface area contributed by atoms with E-state index in [0.717, 1.165) is 82.8 Å². The van der Waals surface area contributed by atoms with Crippen LogP contribution >= 0.6 is 0 Å². The Morgan fingerprint density at radius 1 is 0.949 bits per heavy atom. The third kappa shape index (κ3) is 9.08. The van der Waals surface area contributed by atoms with Gasteiger partial charge in [-0.05, 0) is 105 Å². The normalized spacial score (nSPS) is 22.1. The number of pyridine rings is 1. The summed E-state index contributed by atoms with van der Waals surface area (Å²) in [5.41, 5.74) is 5.24. The van der Waals surface area contributed by atoms with Crippen molar-refractivity contribution in [2.24, 2.45) is 5.92 Å². The Bertz CT molecular complexity index is 2290. The van der Waals surface area contributed by atoms with Gasteiger partial charge in [-0.2, -0.15) is 0 Å². The number of hydrogen-bond acceptors (Lipinski definition) is 10. The lowest BCUT2D eigenvalue weighted by molar-refractivity contribution is -0.149. The number of rotatable bonds is 15. The molecule has 14 nitrogen and oxygen atoms in total. The molecule has 2 aromatic carbocycles. The number of nitrogens with zero attached hydrogens (tertiary/aromatic N) is 3. The van der Waals surface area contributed by atoms with E-state index in [9.17, 15) is 24.0 Å². The van der Waals surface area contributed by atoms with Crippen molar-refractivity contribution in [1.29, 1.82) is 0 Å². The molecule has 2 saturated heterocycles. The molecule has 3 N–H and O–H groups in total. The average molecular weight is 803 g/mol. The predicted octanol–water partition coefficient (Wildman–Crippen LogP) is 5.31. The number of aromatic nitrogens is 2. The fraction of sp³-hybridized carbons (Fsp3) is 0.422. The number of allylic oxidation sites excluding steroid dienone is 2. The smallest absolute Gasteiger partial charge is 0.261 e. The molecule has 3 fully saturated rings. The highest BCUT2D eigenvalue weighted by Gasteiger charge is 2.40. The van der Waals surface area contributed by atoms with Crippen LogP contribution in [-0.2, 0) is 28.7 Å². The van der Waals surface area contributed by atoms with Crippen LogP contribution in [0.15, 0.2) is 73.2 Å². The minimum absolute atomic E-state index is 0.00690. The number of hydrogen-bond donors (Lipinski definition) is 3. The number of benzene rings is 2. The number of amides is 5. The fourth-order valence-electron chi connectivity index (χ4n) is 8.33. The average Bonchev–Trinajstić information content (AvgIpc) is 3.61. The van der Waals surface area contributed by atoms with Crippen LogP contribution in [-0.4, -0.2) is 101 Å². The van der Waals surface area contributed by atoms with Crippen LogP contribution in [0.1, 0.15) is 79.3 Å². The summed E-state index contributed by atoms with van der Waals surface area (Å²) in [5, 5.41) is 7.83. The van der Waals surface area contributed by atoms with Crippen molar-refractivity contribution in [3.05, 3.63) is 89.9 Å². The van der Waals surface area contributed by atoms with Crippen molar-refractivity contribution in [3.8, 4) is 5.75 Å². The van der Waals surface area contributed by atoms with Crippen molar-refractivity contribution in [2.75, 3.05) is 26.3 Å². The van der Waals surface area contributed by atoms with E-state index in [1.54, 1.807) is 31.3 Å². The Hall–Kier alpha value is -5.86. The van der Waals surface area contributed by atoms with Gasteiger partial charge in [0.15, 0.2) is 0 Å². The monoisotopic (exact) mass is 802 g/mol. The zero-order valence-corrected chi connectivity index (χ0v) is 33.2. The molecule has 0 spiro atoms. The van der Waals surface area contributed by atoms with E-state index in [2.05, 4.69) is 44.9 Å². The molecule has 2 atom stereocenters. The second-order valence-corrected chi connectivity index (χ2v) is 15.8. The van der Waals surface area contributed by atoms with E-state index in [-0.39, 0.29) is 48.7 Å². The standard InChI is InChI=1S/C45H50N6O8/c1-28-5-8-33(24-36(28)45(56)51(27-52)40-10-11-41(53)49-43(40)54)58-20-4-2-3-19-57-32-14-17-50(18-15-32)44(55)31-21-34(22-31)59-42-12-7-30(25-47-42)29-6-9-35-37-26-46-16-13-38(37)48-39(35)23-29/h5-9,12-13,16,23-27,31-32,34,40,42,47-48H,2-4,10-11,14-15,17-22H2,1H3,(H,49,53,54). The molecule has 1 saturated carbocycles. The molecule has 0 radical (unpaired) electrons. The minimum Gasteiger partial charge on any atom is -0.494 e. The number of imide groups is 2. The number of dihydropyridines is 1. The molecule has 59 heavy (non-hydrogen) atoms. The zero-order chi connectivity index (χ0) is 40.9. The number of carbonyl (C=O) groups is 5. The number of nitrogens with one attached hydrogen (secondary N) is 3. The maximum absolute atomic E-state index is 13.3. The second-order valence-electron chi connectivity index (χ2n) is 15.8. The van der Waals surface area contributed by atoms with Crippen molar-refractivity contribution in [3.63, 3.8) is 0 Å². The molecule has 5 heterocycles. The van der Waals surface area contributed by atoms with Crippen LogP contribution < -0.4 is 15.4 Å². The summed E-state index contributed by atoms with van der Waals surface area (Å²) >= 11 is 0. The molecule has 3 aliphatic heterocycles. The van der Waals surface area contributed by atoms with Crippen molar-refractivity contribution < 1.29 is 38.2 Å². The summed E-state index contributed by atoms with van der Waals surface area (Å²) in [5.74, 6) is -0.963. The van der Waals surface area contributed by atoms with E-state index in [1.807, 2.05) is 29.4 Å². The summed E-state index contributed by atoms with van der Waals surface area (Å²) in [7, 11) is 0. The number of aromatic amines is 1. The van der Waals surface area contributed by atoms with Crippen LogP contribution in [0, 0.1) is 12.8 Å². The van der Waals surface area contributed by atoms with Crippen LogP contribution in [0.2, 0.25) is 0 Å². The van der Waals surface area contributed by atoms with Crippen LogP contribution in [0.3, 0.4) is 0 Å². The lowest BCUT2D eigenvalue weighted by Gasteiger charge is -2.40. The number of piperidine rings is 2. The summed E-state index contributed by atoms with van der Waals surface area (Å²) < 4.78 is 18.3. The van der Waals surface area contributed by atoms with Crippen LogP contribution in [0.25, 0.3) is 27.4 Å². The lowest BCUT2D eigenvalue weighted by Crippen LogP contribution is -2.53. The molecular formula is C45H50N6O8. The van der Waals surface area contributed by atoms with Gasteiger partial charge in [0.25, 0.3) is 5.91 Å². The van der Waals surface area contributed by atoms with Gasteiger partial charge in [-0.1, -0.05) is 24.3 Å². The molecule has 4 aliphatic rings. The topological polar surface area (TPSA) is 172 Å². The Morgan fingerprint density at radius 3 is 2.56 bits per heavy atom. The van der Waals surface area contributed by atoms with Gasteiger partial charge in [0, 0.05) is 78.0 Å². The Balaban J connectivity index is 0.685. The molecule has 14 heteroatoms. The van der Waals surface area contributed by atoms with E-state index < -0.39 is 23.8 Å². The number of carbonyl (C=O) groups excluding carboxylic acids is 5. The van der Waals surface area contributed by atoms with Gasteiger partial charge in [0.05, 0.1) is 18.8 Å². The Kier molecular flexibility index (Phi) is 12.2. The van der Waals surface area contributed by atoms with Crippen molar-refractivity contribution in [2.45, 2.75) is 89.2 Å². The number of fused-ring (bicyclic) bond motifs is 3. The molecule has 5 amide bonds. The third-order valence-electron chi connectivity index (χ3n) is 11.9. The van der Waals surface area contributed by atoms with Gasteiger partial charge in [0.1, 0.15) is 18.0 Å². The van der Waals surface area contributed by atoms with Gasteiger partial charge in [-0.15, -0.1) is 0 Å². The molecule has 4 aromatic rings. The predicted molar refractivity (Wildman–Crippen MR) is 220 cm³/mol. The Morgan fingerprint density at radius 2 is 1.78 bits per heavy atom. The van der Waals surface area contributed by atoms with Crippen LogP contribution in [0.4, 0.5) is 0 Å². The molecule has 0 bridgehead atoms. The molecule has 2 aromatic heterocycles. The third-order valence-corrected chi connectivity index (χ3v) is 11.9. The maximum Gasteiger partial charge on any atom is 0.261 e. The first-order valence-electron chi connectivity index (χ1n) is 20.7. The fourth-order valence-corrected chi connectivity index (χ4v) is 8.33. The number of likely N-dealkylation sites (tertiary alicyclic amines) is 1. The SMILES string of the molecule is Cc1ccc(OCCCCCOC2CCN(C(=O)C3CC(OC4C=CC(c5ccc6c(c5)[nH]c5ccncc56)=CN4)C3)CC2)cc1C(=O)N(C=O)C1CCC(=O)NC1=O. The molecule has 8 rings (SSSR count). The highest BCUT2D eigenvalue weighted by Crippen LogP contribution is 2.34.